The van der Waals surface area contributed by atoms with E-state index >= 15 is 0 Å². The molecular formula is C27H38O10S2Si. The van der Waals surface area contributed by atoms with Gasteiger partial charge in [0.15, 0.2) is 12.1 Å². The van der Waals surface area contributed by atoms with Crippen molar-refractivity contribution in [1.82, 2.24) is 0 Å². The van der Waals surface area contributed by atoms with Gasteiger partial charge in [-0.25, -0.2) is 0 Å². The van der Waals surface area contributed by atoms with E-state index in [2.05, 4.69) is 20.8 Å². The lowest BCUT2D eigenvalue weighted by atomic mass is 10.1. The molecule has 0 N–H and O–H groups in total. The third-order valence-electron chi connectivity index (χ3n) is 6.87. The van der Waals surface area contributed by atoms with Crippen molar-refractivity contribution in [2.24, 2.45) is 0 Å². The minimum absolute atomic E-state index is 0.427. The molecule has 0 amide bonds. The first-order chi connectivity index (χ1) is 18.4. The highest BCUT2D eigenvalue weighted by atomic mass is 32.2. The van der Waals surface area contributed by atoms with E-state index in [9.17, 15) is 16.8 Å². The Bertz CT molecular complexity index is 1340. The van der Waals surface area contributed by atoms with E-state index in [0.717, 1.165) is 22.9 Å². The maximum atomic E-state index is 12.3. The van der Waals surface area contributed by atoms with Gasteiger partial charge in [-0.15, -0.1) is 0 Å². The molecule has 0 unspecified atom stereocenters. The lowest BCUT2D eigenvalue weighted by Gasteiger charge is -2.46. The van der Waals surface area contributed by atoms with Gasteiger partial charge >= 0.3 is 0 Å². The third-order valence-corrected chi connectivity index (χ3v) is 13.1. The molecule has 0 saturated carbocycles. The lowest BCUT2D eigenvalue weighted by Crippen LogP contribution is -2.69. The molecule has 40 heavy (non-hydrogen) atoms. The molecule has 2 heterocycles. The quantitative estimate of drug-likeness (QED) is 0.290. The fourth-order valence-electron chi connectivity index (χ4n) is 5.43. The van der Waals surface area contributed by atoms with Crippen molar-refractivity contribution >= 4 is 38.9 Å². The van der Waals surface area contributed by atoms with Gasteiger partial charge in [0.2, 0.25) is 0 Å². The van der Waals surface area contributed by atoms with Gasteiger partial charge in [0.1, 0.15) is 24.4 Å². The number of hydrogen-bond acceptors (Lipinski definition) is 10. The zero-order chi connectivity index (χ0) is 29.6. The van der Waals surface area contributed by atoms with Crippen LogP contribution in [0.5, 0.6) is 0 Å². The highest BCUT2D eigenvalue weighted by Crippen LogP contribution is 2.45. The summed E-state index contributed by atoms with van der Waals surface area (Å²) >= 11 is 0. The first-order valence-corrected chi connectivity index (χ1v) is 18.5. The van der Waals surface area contributed by atoms with E-state index in [1.54, 1.807) is 13.8 Å². The molecule has 0 aromatic heterocycles. The minimum Gasteiger partial charge on any atom is -0.399 e. The molecule has 0 radical (unpaired) electrons. The summed E-state index contributed by atoms with van der Waals surface area (Å²) < 4.78 is 84.5. The van der Waals surface area contributed by atoms with Crippen molar-refractivity contribution in [3.05, 3.63) is 60.7 Å². The van der Waals surface area contributed by atoms with Crippen molar-refractivity contribution in [2.75, 3.05) is 19.1 Å². The largest absolute Gasteiger partial charge is 0.399 e. The number of rotatable bonds is 10. The second kappa shape index (κ2) is 11.2. The first-order valence-electron chi connectivity index (χ1n) is 12.9. The Morgan fingerprint density at radius 1 is 0.875 bits per heavy atom. The highest BCUT2D eigenvalue weighted by Gasteiger charge is 2.62. The summed E-state index contributed by atoms with van der Waals surface area (Å²) in [6.45, 7) is 9.21. The molecular weight excluding hydrogens is 577 g/mol. The van der Waals surface area contributed by atoms with E-state index in [1.165, 1.54) is 0 Å². The molecule has 4 rings (SSSR count). The van der Waals surface area contributed by atoms with Gasteiger partial charge in [-0.1, -0.05) is 81.4 Å². The van der Waals surface area contributed by atoms with Crippen LogP contribution in [0.25, 0.3) is 0 Å². The summed E-state index contributed by atoms with van der Waals surface area (Å²) in [6, 6.07) is 19.8. The van der Waals surface area contributed by atoms with Crippen molar-refractivity contribution in [3.8, 4) is 0 Å². The van der Waals surface area contributed by atoms with Gasteiger partial charge in [-0.3, -0.25) is 8.37 Å². The van der Waals surface area contributed by atoms with Crippen molar-refractivity contribution < 1.29 is 43.8 Å². The Morgan fingerprint density at radius 3 is 1.85 bits per heavy atom. The second-order valence-electron chi connectivity index (χ2n) is 11.6. The fraction of sp³-hybridized carbons (Fsp3) is 0.556. The number of benzene rings is 2. The van der Waals surface area contributed by atoms with Crippen LogP contribution < -0.4 is 10.4 Å². The highest BCUT2D eigenvalue weighted by molar-refractivity contribution is 7.86. The molecule has 2 aliphatic rings. The summed E-state index contributed by atoms with van der Waals surface area (Å²) in [6.07, 6.45) is -3.30. The molecule has 13 heteroatoms. The topological polar surface area (TPSA) is 124 Å². The first kappa shape index (κ1) is 31.3. The number of ether oxygens (including phenoxy) is 3. The summed E-state index contributed by atoms with van der Waals surface area (Å²) in [5, 5.41) is 1.55. The van der Waals surface area contributed by atoms with Gasteiger partial charge in [0, 0.05) is 0 Å². The zero-order valence-electron chi connectivity index (χ0n) is 23.8. The molecule has 0 spiro atoms. The number of fused-ring (bicyclic) bond motifs is 1. The maximum absolute atomic E-state index is 12.3. The summed E-state index contributed by atoms with van der Waals surface area (Å²) in [4.78, 5) is 0. The molecule has 222 valence electrons. The lowest BCUT2D eigenvalue weighted by molar-refractivity contribution is -0.223. The van der Waals surface area contributed by atoms with Gasteiger partial charge in [-0.2, -0.15) is 16.8 Å². The molecule has 0 bridgehead atoms. The molecule has 2 aromatic rings. The van der Waals surface area contributed by atoms with Crippen LogP contribution >= 0.6 is 0 Å². The van der Waals surface area contributed by atoms with Crippen molar-refractivity contribution in [3.63, 3.8) is 0 Å². The molecule has 5 atom stereocenters. The Kier molecular flexibility index (Phi) is 8.75. The van der Waals surface area contributed by atoms with E-state index in [0.29, 0.717) is 0 Å². The van der Waals surface area contributed by atoms with Crippen LogP contribution in [0.15, 0.2) is 60.7 Å². The van der Waals surface area contributed by atoms with Crippen LogP contribution in [0.4, 0.5) is 0 Å². The SMILES string of the molecule is CC1(C)O[C@H]2O[C@H]([C@@H](COS(C)(=O)=O)OS(C)(=O)=O)[C@H](O[Si](c3ccccc3)(c3ccccc3)C(C)(C)C)[C@H]2O1. The Hall–Kier alpha value is -1.68. The van der Waals surface area contributed by atoms with Crippen LogP contribution in [-0.2, 0) is 47.2 Å². The number of hydrogen-bond donors (Lipinski definition) is 0. The standard InChI is InChI=1S/C27H38O10S2Si/c1-26(2,3)40(19-14-10-8-11-15-19,20-16-12-9-13-17-20)37-23-22(33-25-24(23)34-27(4,5)35-25)21(36-39(7,30)31)18-32-38(6,28)29/h8-17,21-25H,18H2,1-7H3/t21-,22-,23+,24-,25-/m1/s1. The fourth-order valence-corrected chi connectivity index (χ4v) is 11.1. The van der Waals surface area contributed by atoms with Crippen molar-refractivity contribution in [2.45, 2.75) is 76.1 Å². The van der Waals surface area contributed by atoms with E-state index in [-0.39, 0.29) is 0 Å². The Morgan fingerprint density at radius 2 is 1.40 bits per heavy atom. The minimum atomic E-state index is -4.06. The molecule has 2 saturated heterocycles. The monoisotopic (exact) mass is 614 g/mol. The summed E-state index contributed by atoms with van der Waals surface area (Å²) in [5.41, 5.74) is 0. The van der Waals surface area contributed by atoms with Crippen LogP contribution in [-0.4, -0.2) is 80.8 Å². The second-order valence-corrected chi connectivity index (χ2v) is 19.1. The third kappa shape index (κ3) is 6.85. The molecule has 0 aliphatic carbocycles. The summed E-state index contributed by atoms with van der Waals surface area (Å²) in [7, 11) is -11.2. The van der Waals surface area contributed by atoms with Crippen LogP contribution in [0.3, 0.4) is 0 Å². The molecule has 2 fully saturated rings. The average Bonchev–Trinajstić information content (AvgIpc) is 3.31. The average molecular weight is 615 g/mol. The smallest absolute Gasteiger partial charge is 0.264 e. The van der Waals surface area contributed by atoms with E-state index in [1.807, 2.05) is 60.7 Å². The van der Waals surface area contributed by atoms with E-state index < -0.39 is 76.7 Å². The predicted octanol–water partition coefficient (Wildman–Crippen LogP) is 2.13. The van der Waals surface area contributed by atoms with E-state index in [4.69, 9.17) is 27.0 Å². The molecule has 2 aliphatic heterocycles. The van der Waals surface area contributed by atoms with Crippen molar-refractivity contribution in [1.29, 1.82) is 0 Å². The Balaban J connectivity index is 1.88. The maximum Gasteiger partial charge on any atom is 0.264 e. The summed E-state index contributed by atoms with van der Waals surface area (Å²) in [5.74, 6) is -0.996. The van der Waals surface area contributed by atoms with Gasteiger partial charge < -0.3 is 18.6 Å². The zero-order valence-corrected chi connectivity index (χ0v) is 26.4. The molecule has 2 aromatic carbocycles. The van der Waals surface area contributed by atoms with Gasteiger partial charge in [-0.05, 0) is 29.3 Å². The van der Waals surface area contributed by atoms with Crippen LogP contribution in [0, 0.1) is 0 Å². The van der Waals surface area contributed by atoms with Crippen LogP contribution in [0.2, 0.25) is 5.04 Å². The molecule has 10 nitrogen and oxygen atoms in total. The van der Waals surface area contributed by atoms with Crippen LogP contribution in [0.1, 0.15) is 34.6 Å². The van der Waals surface area contributed by atoms with Gasteiger partial charge in [0.25, 0.3) is 28.6 Å². The normalized spacial score (nSPS) is 26.0. The Labute approximate surface area is 238 Å². The predicted molar refractivity (Wildman–Crippen MR) is 152 cm³/mol. The van der Waals surface area contributed by atoms with Gasteiger partial charge in [0.05, 0.1) is 19.1 Å².